The molecule has 0 amide bonds. The molecule has 1 aliphatic heterocycles. The van der Waals surface area contributed by atoms with E-state index in [1.807, 2.05) is 18.2 Å². The van der Waals surface area contributed by atoms with E-state index in [0.29, 0.717) is 13.2 Å². The fourth-order valence-electron chi connectivity index (χ4n) is 3.09. The zero-order chi connectivity index (χ0) is 14.7. The van der Waals surface area contributed by atoms with Crippen molar-refractivity contribution < 1.29 is 14.6 Å². The quantitative estimate of drug-likeness (QED) is 0.830. The van der Waals surface area contributed by atoms with E-state index >= 15 is 0 Å². The van der Waals surface area contributed by atoms with E-state index in [4.69, 9.17) is 15.9 Å². The molecule has 0 aromatic heterocycles. The Balaban J connectivity index is 1.55. The molecule has 1 fully saturated rings. The van der Waals surface area contributed by atoms with Crippen molar-refractivity contribution in [1.82, 2.24) is 5.32 Å². The zero-order valence-electron chi connectivity index (χ0n) is 12.1. The second-order valence-electron chi connectivity index (χ2n) is 5.76. The smallest absolute Gasteiger partial charge is 0.231 e. The van der Waals surface area contributed by atoms with Gasteiger partial charge in [-0.15, -0.1) is 6.42 Å². The van der Waals surface area contributed by atoms with E-state index in [1.54, 1.807) is 0 Å². The third-order valence-corrected chi connectivity index (χ3v) is 4.37. The fraction of sp³-hybridized carbons (Fsp3) is 0.529. The predicted octanol–water partition coefficient (Wildman–Crippen LogP) is 1.85. The van der Waals surface area contributed by atoms with Crippen LogP contribution in [-0.4, -0.2) is 30.1 Å². The SMILES string of the molecule is C#C[C@]1(O)CCCC[C@@H]1NCCc1ccc2c(c1)OCO2. The van der Waals surface area contributed by atoms with Crippen molar-refractivity contribution in [3.05, 3.63) is 23.8 Å². The summed E-state index contributed by atoms with van der Waals surface area (Å²) in [5.41, 5.74) is 0.194. The summed E-state index contributed by atoms with van der Waals surface area (Å²) in [6.45, 7) is 1.09. The van der Waals surface area contributed by atoms with E-state index in [1.165, 1.54) is 5.56 Å². The minimum Gasteiger partial charge on any atom is -0.454 e. The van der Waals surface area contributed by atoms with E-state index in [2.05, 4.69) is 11.2 Å². The Labute approximate surface area is 125 Å². The van der Waals surface area contributed by atoms with Crippen molar-refractivity contribution in [1.29, 1.82) is 0 Å². The summed E-state index contributed by atoms with van der Waals surface area (Å²) >= 11 is 0. The topological polar surface area (TPSA) is 50.7 Å². The summed E-state index contributed by atoms with van der Waals surface area (Å²) in [6.07, 6.45) is 10.1. The van der Waals surface area contributed by atoms with Crippen LogP contribution in [0.25, 0.3) is 0 Å². The first kappa shape index (κ1) is 14.2. The van der Waals surface area contributed by atoms with Crippen LogP contribution in [0.3, 0.4) is 0 Å². The van der Waals surface area contributed by atoms with Gasteiger partial charge in [-0.1, -0.05) is 18.4 Å². The third-order valence-electron chi connectivity index (χ3n) is 4.37. The lowest BCUT2D eigenvalue weighted by molar-refractivity contribution is 0.0265. The second-order valence-corrected chi connectivity index (χ2v) is 5.76. The van der Waals surface area contributed by atoms with Crippen LogP contribution in [-0.2, 0) is 6.42 Å². The van der Waals surface area contributed by atoms with E-state index < -0.39 is 5.60 Å². The second kappa shape index (κ2) is 5.97. The van der Waals surface area contributed by atoms with Gasteiger partial charge in [0.1, 0.15) is 5.60 Å². The highest BCUT2D eigenvalue weighted by atomic mass is 16.7. The third kappa shape index (κ3) is 2.99. The van der Waals surface area contributed by atoms with Crippen molar-refractivity contribution in [2.24, 2.45) is 0 Å². The van der Waals surface area contributed by atoms with Crippen LogP contribution in [0.1, 0.15) is 31.2 Å². The number of fused-ring (bicyclic) bond motifs is 1. The molecule has 0 spiro atoms. The van der Waals surface area contributed by atoms with Gasteiger partial charge < -0.3 is 19.9 Å². The Morgan fingerprint density at radius 1 is 1.33 bits per heavy atom. The maximum Gasteiger partial charge on any atom is 0.231 e. The largest absolute Gasteiger partial charge is 0.454 e. The molecule has 4 nitrogen and oxygen atoms in total. The van der Waals surface area contributed by atoms with Gasteiger partial charge >= 0.3 is 0 Å². The summed E-state index contributed by atoms with van der Waals surface area (Å²) in [5.74, 6) is 4.19. The van der Waals surface area contributed by atoms with E-state index in [-0.39, 0.29) is 6.04 Å². The lowest BCUT2D eigenvalue weighted by Gasteiger charge is -2.36. The Hall–Kier alpha value is -1.70. The van der Waals surface area contributed by atoms with Gasteiger partial charge in [0.25, 0.3) is 0 Å². The van der Waals surface area contributed by atoms with Crippen molar-refractivity contribution in [2.75, 3.05) is 13.3 Å². The lowest BCUT2D eigenvalue weighted by atomic mass is 9.81. The molecule has 1 aromatic rings. The molecule has 2 aliphatic rings. The van der Waals surface area contributed by atoms with E-state index in [0.717, 1.165) is 43.7 Å². The molecule has 0 saturated heterocycles. The highest BCUT2D eigenvalue weighted by Gasteiger charge is 2.36. The van der Waals surface area contributed by atoms with Gasteiger partial charge in [-0.2, -0.15) is 0 Å². The molecule has 21 heavy (non-hydrogen) atoms. The molecule has 2 N–H and O–H groups in total. The molecular formula is C17H21NO3. The van der Waals surface area contributed by atoms with Crippen LogP contribution >= 0.6 is 0 Å². The van der Waals surface area contributed by atoms with Crippen LogP contribution in [0.2, 0.25) is 0 Å². The Kier molecular flexibility index (Phi) is 4.05. The number of nitrogens with one attached hydrogen (secondary N) is 1. The lowest BCUT2D eigenvalue weighted by Crippen LogP contribution is -2.52. The molecule has 1 heterocycles. The summed E-state index contributed by atoms with van der Waals surface area (Å²) in [5, 5.41) is 13.8. The average Bonchev–Trinajstić information content (AvgIpc) is 2.97. The van der Waals surface area contributed by atoms with Gasteiger partial charge in [0.05, 0.1) is 0 Å². The average molecular weight is 287 g/mol. The van der Waals surface area contributed by atoms with Gasteiger partial charge in [0.15, 0.2) is 11.5 Å². The van der Waals surface area contributed by atoms with Crippen LogP contribution < -0.4 is 14.8 Å². The molecule has 112 valence electrons. The normalized spacial score (nSPS) is 27.3. The number of hydrogen-bond acceptors (Lipinski definition) is 4. The van der Waals surface area contributed by atoms with Crippen LogP contribution in [0.4, 0.5) is 0 Å². The molecule has 0 bridgehead atoms. The molecule has 0 radical (unpaired) electrons. The van der Waals surface area contributed by atoms with Gasteiger partial charge in [-0.3, -0.25) is 0 Å². The Morgan fingerprint density at radius 3 is 3.05 bits per heavy atom. The number of terminal acetylenes is 1. The molecule has 1 aliphatic carbocycles. The summed E-state index contributed by atoms with van der Waals surface area (Å²) in [6, 6.07) is 5.99. The van der Waals surface area contributed by atoms with E-state index in [9.17, 15) is 5.11 Å². The molecule has 0 unspecified atom stereocenters. The number of ether oxygens (including phenoxy) is 2. The van der Waals surface area contributed by atoms with Crippen molar-refractivity contribution in [3.8, 4) is 23.8 Å². The molecule has 2 atom stereocenters. The summed E-state index contributed by atoms with van der Waals surface area (Å²) < 4.78 is 10.7. The van der Waals surface area contributed by atoms with Crippen molar-refractivity contribution in [3.63, 3.8) is 0 Å². The summed E-state index contributed by atoms with van der Waals surface area (Å²) in [4.78, 5) is 0. The predicted molar refractivity (Wildman–Crippen MR) is 80.3 cm³/mol. The van der Waals surface area contributed by atoms with Crippen LogP contribution in [0, 0.1) is 12.3 Å². The Morgan fingerprint density at radius 2 is 2.19 bits per heavy atom. The highest BCUT2D eigenvalue weighted by molar-refractivity contribution is 5.44. The maximum absolute atomic E-state index is 10.4. The monoisotopic (exact) mass is 287 g/mol. The number of rotatable bonds is 4. The van der Waals surface area contributed by atoms with Crippen LogP contribution in [0.15, 0.2) is 18.2 Å². The maximum atomic E-state index is 10.4. The van der Waals surface area contributed by atoms with Gasteiger partial charge in [-0.05, 0) is 49.9 Å². The molecule has 3 rings (SSSR count). The fourth-order valence-corrected chi connectivity index (χ4v) is 3.09. The molecular weight excluding hydrogens is 266 g/mol. The molecule has 4 heteroatoms. The molecule has 1 saturated carbocycles. The first-order chi connectivity index (χ1) is 10.2. The zero-order valence-corrected chi connectivity index (χ0v) is 12.1. The van der Waals surface area contributed by atoms with Gasteiger partial charge in [-0.25, -0.2) is 0 Å². The first-order valence-corrected chi connectivity index (χ1v) is 7.53. The minimum absolute atomic E-state index is 0.00902. The van der Waals surface area contributed by atoms with Gasteiger partial charge in [0, 0.05) is 6.04 Å². The Bertz CT molecular complexity index is 551. The minimum atomic E-state index is -0.993. The highest BCUT2D eigenvalue weighted by Crippen LogP contribution is 2.32. The number of aliphatic hydroxyl groups is 1. The first-order valence-electron chi connectivity index (χ1n) is 7.53. The summed E-state index contributed by atoms with van der Waals surface area (Å²) in [7, 11) is 0. The van der Waals surface area contributed by atoms with Crippen molar-refractivity contribution in [2.45, 2.75) is 43.7 Å². The number of hydrogen-bond donors (Lipinski definition) is 2. The molecule has 1 aromatic carbocycles. The van der Waals surface area contributed by atoms with Crippen molar-refractivity contribution >= 4 is 0 Å². The standard InChI is InChI=1S/C17H21NO3/c1-2-17(19)9-4-3-5-16(17)18-10-8-13-6-7-14-15(11-13)21-12-20-14/h1,6-7,11,16,18-19H,3-5,8-10,12H2/t16-,17-/m0/s1. The van der Waals surface area contributed by atoms with Gasteiger partial charge in [0.2, 0.25) is 6.79 Å². The number of benzene rings is 1. The van der Waals surface area contributed by atoms with Crippen LogP contribution in [0.5, 0.6) is 11.5 Å².